The van der Waals surface area contributed by atoms with E-state index in [1.807, 2.05) is 6.92 Å². The Labute approximate surface area is 248 Å². The number of nitrogens with zero attached hydrogens (tertiary/aromatic N) is 2. The SMILES string of the molecule is COC(=O)[C@@H](CO)n1ccnc1[C@H](C)OC1CCCCO1.COC(=O)[C@H](N)CO.C[C@@H](C=O)OC1CCCCO1.Cl.[2H-]. The molecule has 0 amide bonds. The van der Waals surface area contributed by atoms with Crippen molar-refractivity contribution < 1.29 is 54.4 Å². The first-order chi connectivity index (χ1) is 19.2. The molecule has 14 nitrogen and oxygen atoms in total. The highest BCUT2D eigenvalue weighted by atomic mass is 35.5. The summed E-state index contributed by atoms with van der Waals surface area (Å²) in [6, 6.07) is -1.70. The van der Waals surface area contributed by atoms with E-state index in [0.717, 1.165) is 51.4 Å². The molecule has 0 radical (unpaired) electrons. The van der Waals surface area contributed by atoms with Crippen molar-refractivity contribution in [2.24, 2.45) is 5.73 Å². The minimum Gasteiger partial charge on any atom is -1.00 e. The Morgan fingerprint density at radius 3 is 2.02 bits per heavy atom. The fourth-order valence-corrected chi connectivity index (χ4v) is 3.74. The first-order valence-electron chi connectivity index (χ1n) is 13.4. The van der Waals surface area contributed by atoms with Gasteiger partial charge in [-0.15, -0.1) is 12.4 Å². The average Bonchev–Trinajstić information content (AvgIpc) is 3.48. The number of hydrogen-bond donors (Lipinski definition) is 3. The van der Waals surface area contributed by atoms with Crippen LogP contribution in [0.1, 0.15) is 71.8 Å². The van der Waals surface area contributed by atoms with Gasteiger partial charge in [-0.2, -0.15) is 0 Å². The van der Waals surface area contributed by atoms with Crippen LogP contribution in [-0.2, 0) is 42.8 Å². The van der Waals surface area contributed by atoms with E-state index in [2.05, 4.69) is 9.72 Å². The van der Waals surface area contributed by atoms with E-state index in [0.29, 0.717) is 12.4 Å². The minimum absolute atomic E-state index is 0. The fraction of sp³-hybridized carbons (Fsp3) is 0.769. The molecule has 0 bridgehead atoms. The number of imidazole rings is 1. The molecule has 0 aliphatic carbocycles. The van der Waals surface area contributed by atoms with Gasteiger partial charge in [0.2, 0.25) is 0 Å². The summed E-state index contributed by atoms with van der Waals surface area (Å²) in [5.74, 6) is -0.543. The fourth-order valence-electron chi connectivity index (χ4n) is 3.74. The molecule has 4 N–H and O–H groups in total. The number of hydrogen-bond acceptors (Lipinski definition) is 13. The molecular formula is C26H47ClN3O11-. The monoisotopic (exact) mass is 613 g/mol. The van der Waals surface area contributed by atoms with E-state index in [4.69, 9.17) is 34.5 Å². The molecule has 2 fully saturated rings. The third kappa shape index (κ3) is 14.5. The molecule has 0 saturated carbocycles. The van der Waals surface area contributed by atoms with Crippen molar-refractivity contribution in [3.05, 3.63) is 18.2 Å². The lowest BCUT2D eigenvalue weighted by atomic mass is 10.2. The Morgan fingerprint density at radius 1 is 1.05 bits per heavy atom. The van der Waals surface area contributed by atoms with Crippen molar-refractivity contribution in [1.29, 1.82) is 0 Å². The van der Waals surface area contributed by atoms with Gasteiger partial charge in [-0.25, -0.2) is 9.78 Å². The standard InChI is InChI=1S/C14H22N2O5.C8H14O3.C4H9NO3.ClH.H/c1-10(21-12-5-3-4-8-20-12)13-15-6-7-16(13)11(9-17)14(18)19-2;1-7(6-9)11-8-4-2-3-5-10-8;1-8-4(7)3(5)2-6;;/h6-7,10-12,17H,3-5,8-9H2,1-2H3;6-8H,2-5H2,1H3;3,6H,2,5H2,1H3;1H;/q;;;;-1/t10-,11+,12?;7-,8?;3-;;/m001../s1/i;;;;1+1. The summed E-state index contributed by atoms with van der Waals surface area (Å²) < 4.78 is 32.4. The van der Waals surface area contributed by atoms with Crippen molar-refractivity contribution in [2.45, 2.75) is 89.2 Å². The molecule has 2 unspecified atom stereocenters. The third-order valence-electron chi connectivity index (χ3n) is 5.93. The van der Waals surface area contributed by atoms with Crippen LogP contribution in [0.5, 0.6) is 0 Å². The van der Waals surface area contributed by atoms with Crippen molar-refractivity contribution >= 4 is 30.6 Å². The van der Waals surface area contributed by atoms with Crippen LogP contribution in [0, 0.1) is 0 Å². The van der Waals surface area contributed by atoms with Gasteiger partial charge in [0.25, 0.3) is 0 Å². The van der Waals surface area contributed by atoms with Gasteiger partial charge < -0.3 is 55.2 Å². The molecule has 2 aliphatic rings. The summed E-state index contributed by atoms with van der Waals surface area (Å²) in [5.41, 5.74) is 5.00. The molecule has 15 heteroatoms. The van der Waals surface area contributed by atoms with E-state index in [1.165, 1.54) is 14.2 Å². The number of methoxy groups -OCH3 is 2. The summed E-state index contributed by atoms with van der Waals surface area (Å²) in [6.07, 6.45) is 9.06. The third-order valence-corrected chi connectivity index (χ3v) is 5.93. The lowest BCUT2D eigenvalue weighted by Gasteiger charge is -2.27. The lowest BCUT2D eigenvalue weighted by molar-refractivity contribution is -0.188. The Morgan fingerprint density at radius 2 is 1.61 bits per heavy atom. The molecule has 2 saturated heterocycles. The number of carbonyl (C=O) groups excluding carboxylic acids is 3. The van der Waals surface area contributed by atoms with Crippen LogP contribution >= 0.6 is 12.4 Å². The molecule has 1 aromatic rings. The largest absolute Gasteiger partial charge is 1.00 e. The second-order valence-corrected chi connectivity index (χ2v) is 9.07. The average molecular weight is 614 g/mol. The van der Waals surface area contributed by atoms with E-state index < -0.39 is 24.0 Å². The zero-order valence-corrected chi connectivity index (χ0v) is 25.0. The zero-order chi connectivity index (χ0) is 29.9. The number of esters is 2. The smallest absolute Gasteiger partial charge is 0.331 e. The van der Waals surface area contributed by atoms with Gasteiger partial charge in [0.15, 0.2) is 18.6 Å². The lowest BCUT2D eigenvalue weighted by Crippen LogP contribution is -2.34. The second-order valence-electron chi connectivity index (χ2n) is 9.07. The number of halogens is 1. The van der Waals surface area contributed by atoms with Crippen LogP contribution in [0.15, 0.2) is 12.4 Å². The van der Waals surface area contributed by atoms with Gasteiger partial charge in [0, 0.05) is 25.6 Å². The topological polar surface area (TPSA) is 191 Å². The molecule has 0 aromatic carbocycles. The highest BCUT2D eigenvalue weighted by molar-refractivity contribution is 5.85. The number of rotatable bonds is 11. The molecule has 0 spiro atoms. The van der Waals surface area contributed by atoms with Crippen LogP contribution < -0.4 is 5.73 Å². The Kier molecular flexibility index (Phi) is 21.2. The predicted molar refractivity (Wildman–Crippen MR) is 149 cm³/mol. The van der Waals surface area contributed by atoms with E-state index >= 15 is 0 Å². The predicted octanol–water partition coefficient (Wildman–Crippen LogP) is 1.32. The number of aliphatic hydroxyl groups is 2. The maximum atomic E-state index is 11.7. The van der Waals surface area contributed by atoms with Gasteiger partial charge in [-0.1, -0.05) is 0 Å². The maximum Gasteiger partial charge on any atom is 0.331 e. The van der Waals surface area contributed by atoms with Gasteiger partial charge in [-0.05, 0) is 52.4 Å². The van der Waals surface area contributed by atoms with Gasteiger partial charge in [-0.3, -0.25) is 4.79 Å². The molecule has 41 heavy (non-hydrogen) atoms. The number of carbonyl (C=O) groups is 3. The van der Waals surface area contributed by atoms with E-state index in [9.17, 15) is 19.5 Å². The molecule has 2 aliphatic heterocycles. The maximum absolute atomic E-state index is 11.7. The van der Waals surface area contributed by atoms with Gasteiger partial charge in [0.1, 0.15) is 30.4 Å². The number of aldehydes is 1. The molecule has 3 heterocycles. The van der Waals surface area contributed by atoms with Gasteiger partial charge >= 0.3 is 11.9 Å². The first kappa shape index (κ1) is 38.8. The summed E-state index contributed by atoms with van der Waals surface area (Å²) in [6.45, 7) is 4.31. The minimum atomic E-state index is -0.889. The Balaban J connectivity index is 0. The molecule has 240 valence electrons. The van der Waals surface area contributed by atoms with E-state index in [1.54, 1.807) is 23.9 Å². The Hall–Kier alpha value is -2.17. The summed E-state index contributed by atoms with van der Waals surface area (Å²) in [5, 5.41) is 17.6. The van der Waals surface area contributed by atoms with Crippen molar-refractivity contribution in [1.82, 2.24) is 9.55 Å². The number of ether oxygens (including phenoxy) is 6. The number of nitrogens with two attached hydrogens (primary N) is 1. The van der Waals surface area contributed by atoms with Crippen molar-refractivity contribution in [3.8, 4) is 0 Å². The van der Waals surface area contributed by atoms with Crippen molar-refractivity contribution in [2.75, 3.05) is 40.6 Å². The quantitative estimate of drug-likeness (QED) is 0.239. The normalized spacial score (nSPS) is 21.1. The molecular weight excluding hydrogens is 566 g/mol. The van der Waals surface area contributed by atoms with Crippen LogP contribution in [-0.4, -0.2) is 103 Å². The summed E-state index contributed by atoms with van der Waals surface area (Å²) in [4.78, 5) is 36.4. The van der Waals surface area contributed by atoms with Crippen LogP contribution in [0.4, 0.5) is 0 Å². The number of aliphatic hydroxyl groups excluding tert-OH is 2. The van der Waals surface area contributed by atoms with Crippen LogP contribution in [0.25, 0.3) is 0 Å². The molecule has 3 rings (SSSR count). The van der Waals surface area contributed by atoms with Gasteiger partial charge in [0.05, 0.1) is 27.4 Å². The first-order valence-corrected chi connectivity index (χ1v) is 13.4. The Bertz CT molecular complexity index is 855. The summed E-state index contributed by atoms with van der Waals surface area (Å²) in [7, 11) is 2.51. The van der Waals surface area contributed by atoms with E-state index in [-0.39, 0.29) is 51.8 Å². The van der Waals surface area contributed by atoms with Crippen LogP contribution in [0.2, 0.25) is 0 Å². The molecule has 1 aromatic heterocycles. The summed E-state index contributed by atoms with van der Waals surface area (Å²) >= 11 is 0. The van der Waals surface area contributed by atoms with Crippen LogP contribution in [0.3, 0.4) is 0 Å². The van der Waals surface area contributed by atoms with Crippen molar-refractivity contribution in [3.63, 3.8) is 0 Å². The second kappa shape index (κ2) is 22.4. The molecule has 6 atom stereocenters. The zero-order valence-electron chi connectivity index (χ0n) is 25.2. The highest BCUT2D eigenvalue weighted by Gasteiger charge is 2.27. The number of aromatic nitrogens is 2. The highest BCUT2D eigenvalue weighted by Crippen LogP contribution is 2.24.